The van der Waals surface area contributed by atoms with Crippen LogP contribution in [0.15, 0.2) is 0 Å². The Hall–Kier alpha value is -1.06. The van der Waals surface area contributed by atoms with E-state index < -0.39 is 11.9 Å². The molecule has 0 radical (unpaired) electrons. The van der Waals surface area contributed by atoms with Crippen LogP contribution in [0.5, 0.6) is 0 Å². The maximum atomic E-state index is 11.2. The Morgan fingerprint density at radius 2 is 1.94 bits per heavy atom. The van der Waals surface area contributed by atoms with Gasteiger partial charge in [0.1, 0.15) is 6.10 Å². The molecule has 1 aliphatic rings. The molecule has 0 aliphatic heterocycles. The Labute approximate surface area is 96.3 Å². The fourth-order valence-electron chi connectivity index (χ4n) is 1.40. The predicted molar refractivity (Wildman–Crippen MR) is 58.8 cm³/mol. The zero-order valence-electron chi connectivity index (χ0n) is 10.0. The Balaban J connectivity index is 2.06. The lowest BCUT2D eigenvalue weighted by molar-refractivity contribution is -0.173. The topological polar surface area (TPSA) is 52.6 Å². The Bertz CT molecular complexity index is 243. The number of hydrogen-bond donors (Lipinski definition) is 0. The second kappa shape index (κ2) is 6.51. The van der Waals surface area contributed by atoms with Crippen molar-refractivity contribution in [1.29, 1.82) is 0 Å². The minimum absolute atomic E-state index is 0.0595. The number of carbonyl (C=O) groups excluding carboxylic acids is 2. The summed E-state index contributed by atoms with van der Waals surface area (Å²) in [5.74, 6) is -1.11. The molecule has 1 fully saturated rings. The molecular formula is C12H20O4. The highest BCUT2D eigenvalue weighted by molar-refractivity contribution is 6.29. The van der Waals surface area contributed by atoms with Crippen LogP contribution >= 0.6 is 0 Å². The van der Waals surface area contributed by atoms with Gasteiger partial charge in [0.25, 0.3) is 0 Å². The van der Waals surface area contributed by atoms with Gasteiger partial charge >= 0.3 is 11.9 Å². The van der Waals surface area contributed by atoms with Crippen molar-refractivity contribution in [2.45, 2.75) is 52.1 Å². The molecule has 0 spiro atoms. The molecule has 16 heavy (non-hydrogen) atoms. The van der Waals surface area contributed by atoms with E-state index in [1.54, 1.807) is 0 Å². The van der Waals surface area contributed by atoms with Crippen molar-refractivity contribution in [3.8, 4) is 0 Å². The highest BCUT2D eigenvalue weighted by atomic mass is 16.6. The number of esters is 2. The van der Waals surface area contributed by atoms with E-state index in [2.05, 4.69) is 13.8 Å². The number of rotatable bonds is 5. The van der Waals surface area contributed by atoms with Crippen molar-refractivity contribution in [1.82, 2.24) is 0 Å². The van der Waals surface area contributed by atoms with Gasteiger partial charge < -0.3 is 9.47 Å². The predicted octanol–water partition coefficient (Wildman–Crippen LogP) is 2.06. The monoisotopic (exact) mass is 228 g/mol. The van der Waals surface area contributed by atoms with Crippen molar-refractivity contribution in [2.75, 3.05) is 6.61 Å². The molecule has 0 saturated heterocycles. The maximum absolute atomic E-state index is 11.2. The van der Waals surface area contributed by atoms with Gasteiger partial charge in [0.05, 0.1) is 6.61 Å². The van der Waals surface area contributed by atoms with Gasteiger partial charge in [-0.3, -0.25) is 0 Å². The summed E-state index contributed by atoms with van der Waals surface area (Å²) in [6.45, 7) is 4.51. The maximum Gasteiger partial charge on any atom is 0.417 e. The van der Waals surface area contributed by atoms with E-state index in [4.69, 9.17) is 9.47 Å². The molecular weight excluding hydrogens is 208 g/mol. The summed E-state index contributed by atoms with van der Waals surface area (Å²) in [6.07, 6.45) is 4.53. The molecule has 4 nitrogen and oxygen atoms in total. The van der Waals surface area contributed by atoms with Crippen LogP contribution in [-0.4, -0.2) is 24.6 Å². The molecule has 0 atom stereocenters. The molecule has 0 aromatic rings. The van der Waals surface area contributed by atoms with Crippen LogP contribution in [0.4, 0.5) is 0 Å². The average molecular weight is 228 g/mol. The molecule has 1 rings (SSSR count). The van der Waals surface area contributed by atoms with Crippen LogP contribution in [0.3, 0.4) is 0 Å². The highest BCUT2D eigenvalue weighted by Gasteiger charge is 2.26. The molecule has 1 saturated carbocycles. The molecule has 0 amide bonds. The third-order valence-electron chi connectivity index (χ3n) is 2.65. The third-order valence-corrected chi connectivity index (χ3v) is 2.65. The lowest BCUT2D eigenvalue weighted by Gasteiger charge is -2.24. The first-order valence-electron chi connectivity index (χ1n) is 5.97. The van der Waals surface area contributed by atoms with Gasteiger partial charge in [-0.25, -0.2) is 9.59 Å². The summed E-state index contributed by atoms with van der Waals surface area (Å²) >= 11 is 0. The standard InChI is InChI=1S/C12H20O4/c1-9(2)5-4-8-15-11(13)12(14)16-10-6-3-7-10/h9-10H,3-8H2,1-2H3. The second-order valence-electron chi connectivity index (χ2n) is 4.63. The van der Waals surface area contributed by atoms with Crippen molar-refractivity contribution >= 4 is 11.9 Å². The number of carbonyl (C=O) groups is 2. The molecule has 0 heterocycles. The summed E-state index contributed by atoms with van der Waals surface area (Å²) in [5.41, 5.74) is 0. The lowest BCUT2D eigenvalue weighted by atomic mass is 9.96. The quantitative estimate of drug-likeness (QED) is 0.410. The van der Waals surface area contributed by atoms with Crippen molar-refractivity contribution in [3.05, 3.63) is 0 Å². The number of ether oxygens (including phenoxy) is 2. The summed E-state index contributed by atoms with van der Waals surface area (Å²) in [4.78, 5) is 22.3. The fraction of sp³-hybridized carbons (Fsp3) is 0.833. The van der Waals surface area contributed by atoms with Crippen molar-refractivity contribution < 1.29 is 19.1 Å². The molecule has 0 bridgehead atoms. The van der Waals surface area contributed by atoms with Crippen LogP contribution in [-0.2, 0) is 19.1 Å². The Morgan fingerprint density at radius 1 is 1.25 bits per heavy atom. The van der Waals surface area contributed by atoms with Crippen LogP contribution in [0.1, 0.15) is 46.0 Å². The first-order valence-corrected chi connectivity index (χ1v) is 5.97. The minimum Gasteiger partial charge on any atom is -0.457 e. The average Bonchev–Trinajstić information content (AvgIpc) is 2.17. The molecule has 0 N–H and O–H groups in total. The summed E-state index contributed by atoms with van der Waals surface area (Å²) < 4.78 is 9.72. The highest BCUT2D eigenvalue weighted by Crippen LogP contribution is 2.21. The van der Waals surface area contributed by atoms with Gasteiger partial charge in [-0.2, -0.15) is 0 Å². The molecule has 4 heteroatoms. The molecule has 0 unspecified atom stereocenters. The lowest BCUT2D eigenvalue weighted by Crippen LogP contribution is -2.30. The third kappa shape index (κ3) is 4.64. The first-order chi connectivity index (χ1) is 7.59. The van der Waals surface area contributed by atoms with Crippen LogP contribution in [0, 0.1) is 5.92 Å². The van der Waals surface area contributed by atoms with Crippen molar-refractivity contribution in [2.24, 2.45) is 5.92 Å². The fourth-order valence-corrected chi connectivity index (χ4v) is 1.40. The largest absolute Gasteiger partial charge is 0.457 e. The summed E-state index contributed by atoms with van der Waals surface area (Å²) in [7, 11) is 0. The SMILES string of the molecule is CC(C)CCCOC(=O)C(=O)OC1CCC1. The van der Waals surface area contributed by atoms with E-state index in [9.17, 15) is 9.59 Å². The first kappa shape index (κ1) is 13.0. The van der Waals surface area contributed by atoms with Gasteiger partial charge in [-0.05, 0) is 38.0 Å². The van der Waals surface area contributed by atoms with Gasteiger partial charge in [0.15, 0.2) is 0 Å². The van der Waals surface area contributed by atoms with Gasteiger partial charge in [-0.15, -0.1) is 0 Å². The number of hydrogen-bond acceptors (Lipinski definition) is 4. The van der Waals surface area contributed by atoms with E-state index in [0.717, 1.165) is 32.1 Å². The summed E-state index contributed by atoms with van der Waals surface area (Å²) in [6, 6.07) is 0. The van der Waals surface area contributed by atoms with Crippen LogP contribution in [0.25, 0.3) is 0 Å². The summed E-state index contributed by atoms with van der Waals surface area (Å²) in [5, 5.41) is 0. The Morgan fingerprint density at radius 3 is 2.44 bits per heavy atom. The van der Waals surface area contributed by atoms with E-state index in [1.807, 2.05) is 0 Å². The van der Waals surface area contributed by atoms with Gasteiger partial charge in [0, 0.05) is 0 Å². The molecule has 1 aliphatic carbocycles. The normalized spacial score (nSPS) is 15.7. The zero-order valence-corrected chi connectivity index (χ0v) is 10.0. The van der Waals surface area contributed by atoms with Gasteiger partial charge in [-0.1, -0.05) is 13.8 Å². The molecule has 0 aromatic carbocycles. The Kier molecular flexibility index (Phi) is 5.29. The van der Waals surface area contributed by atoms with E-state index in [0.29, 0.717) is 12.5 Å². The molecule has 0 aromatic heterocycles. The van der Waals surface area contributed by atoms with E-state index in [-0.39, 0.29) is 6.10 Å². The van der Waals surface area contributed by atoms with Crippen LogP contribution in [0.2, 0.25) is 0 Å². The smallest absolute Gasteiger partial charge is 0.417 e. The van der Waals surface area contributed by atoms with Crippen molar-refractivity contribution in [3.63, 3.8) is 0 Å². The zero-order chi connectivity index (χ0) is 12.0. The van der Waals surface area contributed by atoms with E-state index in [1.165, 1.54) is 0 Å². The second-order valence-corrected chi connectivity index (χ2v) is 4.63. The van der Waals surface area contributed by atoms with Gasteiger partial charge in [0.2, 0.25) is 0 Å². The van der Waals surface area contributed by atoms with Crippen LogP contribution < -0.4 is 0 Å². The molecule has 92 valence electrons. The minimum atomic E-state index is -0.851. The van der Waals surface area contributed by atoms with E-state index >= 15 is 0 Å².